The number of carbonyl (C=O) groups is 3. The van der Waals surface area contributed by atoms with Crippen molar-refractivity contribution in [2.45, 2.75) is 142 Å². The van der Waals surface area contributed by atoms with Crippen LogP contribution in [0.1, 0.15) is 110 Å². The molecule has 3 saturated carbocycles. The number of anilines is 1. The first-order valence-corrected chi connectivity index (χ1v) is 26.4. The lowest BCUT2D eigenvalue weighted by Crippen LogP contribution is -2.75. The van der Waals surface area contributed by atoms with Crippen LogP contribution in [0.3, 0.4) is 0 Å². The van der Waals surface area contributed by atoms with Crippen molar-refractivity contribution < 1.29 is 37.7 Å². The number of ether oxygens (including phenoxy) is 4. The van der Waals surface area contributed by atoms with E-state index < -0.39 is 17.0 Å². The molecular weight excluding hydrogens is 901 g/mol. The molecular formula is C55H74N8O8. The van der Waals surface area contributed by atoms with Gasteiger partial charge in [-0.25, -0.2) is 15.2 Å². The van der Waals surface area contributed by atoms with E-state index in [1.54, 1.807) is 13.4 Å². The third-order valence-corrected chi connectivity index (χ3v) is 17.1. The summed E-state index contributed by atoms with van der Waals surface area (Å²) < 4.78 is 33.9. The molecule has 8 heterocycles. The van der Waals surface area contributed by atoms with E-state index in [4.69, 9.17) is 33.3 Å². The van der Waals surface area contributed by atoms with E-state index in [2.05, 4.69) is 97.8 Å². The number of nitrogens with zero attached hydrogens (tertiary/aromatic N) is 6. The lowest BCUT2D eigenvalue weighted by atomic mass is 9.66. The Morgan fingerprint density at radius 1 is 1.01 bits per heavy atom. The molecule has 16 heteroatoms. The fourth-order valence-corrected chi connectivity index (χ4v) is 12.5. The zero-order valence-corrected chi connectivity index (χ0v) is 43.1. The molecule has 4 saturated heterocycles. The minimum absolute atomic E-state index is 0.0479. The van der Waals surface area contributed by atoms with Gasteiger partial charge >= 0.3 is 5.97 Å². The fourth-order valence-electron chi connectivity index (χ4n) is 12.5. The van der Waals surface area contributed by atoms with Crippen LogP contribution in [0.15, 0.2) is 41.1 Å². The number of carbonyl (C=O) groups excluding carboxylic acids is 3. The Bertz CT molecular complexity index is 2670. The summed E-state index contributed by atoms with van der Waals surface area (Å²) in [4.78, 5) is 57.9. The van der Waals surface area contributed by atoms with Crippen LogP contribution in [0, 0.1) is 29.1 Å². The molecule has 3 aliphatic carbocycles. The van der Waals surface area contributed by atoms with E-state index in [1.165, 1.54) is 17.9 Å². The van der Waals surface area contributed by atoms with E-state index >= 15 is 0 Å². The number of nitrogens with one attached hydrogen (secondary N) is 2. The summed E-state index contributed by atoms with van der Waals surface area (Å²) in [5.74, 6) is -0.110. The zero-order valence-electron chi connectivity index (χ0n) is 43.1. The van der Waals surface area contributed by atoms with Crippen molar-refractivity contribution >= 4 is 34.4 Å². The summed E-state index contributed by atoms with van der Waals surface area (Å²) in [6, 6.07) is 8.53. The van der Waals surface area contributed by atoms with Crippen molar-refractivity contribution in [3.8, 4) is 22.5 Å². The first-order valence-electron chi connectivity index (χ1n) is 26.4. The predicted molar refractivity (Wildman–Crippen MR) is 268 cm³/mol. The Kier molecular flexibility index (Phi) is 12.7. The van der Waals surface area contributed by atoms with Crippen LogP contribution in [-0.2, 0) is 52.7 Å². The number of benzene rings is 1. The number of amides is 2. The monoisotopic (exact) mass is 975 g/mol. The first-order chi connectivity index (χ1) is 34.0. The van der Waals surface area contributed by atoms with Crippen molar-refractivity contribution in [2.75, 3.05) is 64.6 Å². The summed E-state index contributed by atoms with van der Waals surface area (Å²) in [6.45, 7) is 21.0. The Morgan fingerprint density at radius 2 is 1.79 bits per heavy atom. The number of piperazine rings is 1. The van der Waals surface area contributed by atoms with Crippen molar-refractivity contribution in [1.29, 1.82) is 0 Å². The number of methoxy groups -OCH3 is 1. The molecule has 3 aromatic heterocycles. The number of fused-ring (bicyclic) bond motifs is 4. The average molecular weight is 975 g/mol. The second-order valence-corrected chi connectivity index (χ2v) is 23.5. The average Bonchev–Trinajstić information content (AvgIpc) is 4.21. The maximum Gasteiger partial charge on any atom is 0.328 e. The molecule has 1 aromatic carbocycles. The molecule has 4 aromatic rings. The SMILES string of the molecule is CO[C@@H](C)c1ncc(N2CCN(C3CC3)CC2)cc1-c1c2c3cc(ccc3n1CCO[C@H]1CCOC(C)(C)C1)-c1coc(n1)C[C@H](NC(=O)C1[C@@H](C)[C@H]1C)C(=O)N1CC3CC(C3)(N1)C(=O)OCC(C)(C)C2. The van der Waals surface area contributed by atoms with Crippen LogP contribution in [-0.4, -0.2) is 131 Å². The van der Waals surface area contributed by atoms with Gasteiger partial charge in [0.15, 0.2) is 5.89 Å². The second kappa shape index (κ2) is 18.6. The maximum atomic E-state index is 14.5. The summed E-state index contributed by atoms with van der Waals surface area (Å²) >= 11 is 0. The highest BCUT2D eigenvalue weighted by molar-refractivity contribution is 5.96. The van der Waals surface area contributed by atoms with Gasteiger partial charge in [0.05, 0.1) is 60.7 Å². The van der Waals surface area contributed by atoms with Crippen LogP contribution in [0.4, 0.5) is 5.69 Å². The molecule has 6 atom stereocenters. The Hall–Kier alpha value is -4.87. The highest BCUT2D eigenvalue weighted by atomic mass is 16.5. The number of pyridine rings is 1. The molecule has 2 N–H and O–H groups in total. The van der Waals surface area contributed by atoms with Gasteiger partial charge in [-0.15, -0.1) is 0 Å². The summed E-state index contributed by atoms with van der Waals surface area (Å²) in [5, 5.41) is 5.63. The van der Waals surface area contributed by atoms with Crippen LogP contribution >= 0.6 is 0 Å². The van der Waals surface area contributed by atoms with Crippen LogP contribution < -0.4 is 15.6 Å². The highest BCUT2D eigenvalue weighted by Gasteiger charge is 2.58. The Balaban J connectivity index is 1.03. The molecule has 1 unspecified atom stereocenters. The van der Waals surface area contributed by atoms with E-state index in [9.17, 15) is 14.4 Å². The quantitative estimate of drug-likeness (QED) is 0.150. The van der Waals surface area contributed by atoms with Crippen LogP contribution in [0.2, 0.25) is 0 Å². The Labute approximate surface area is 417 Å². The summed E-state index contributed by atoms with van der Waals surface area (Å²) in [7, 11) is 1.74. The zero-order chi connectivity index (χ0) is 49.6. The second-order valence-electron chi connectivity index (χ2n) is 23.5. The van der Waals surface area contributed by atoms with Crippen molar-refractivity contribution in [1.82, 2.24) is 35.2 Å². The van der Waals surface area contributed by atoms with Gasteiger partial charge in [-0.05, 0) is 101 Å². The third-order valence-electron chi connectivity index (χ3n) is 17.1. The van der Waals surface area contributed by atoms with Gasteiger partial charge in [-0.3, -0.25) is 24.5 Å². The standard InChI is InChI=1S/C55H74N8O8/c1-32-33(2)47(32)50(64)58-43-23-46-57-44(30-69-46)36-9-12-45-40(21-36)42(27-53(4,5)31-70-52(66)55-24-35(25-55)29-63(59-55)51(43)65)49(62(45)18-20-68-39-13-19-71-54(6,7)26-39)41-22-38(28-56-48(41)34(3)67-8)61-16-14-60(15-17-61)37-10-11-37/h9,12,21-22,28,30,32-35,37,39,43,47,59H,10-11,13-20,23-27,29,31H2,1-8H3,(H,58,64)/t32-,33+,34-,35?,39-,43-,47?,55?/m0/s1. The van der Waals surface area contributed by atoms with Crippen molar-refractivity contribution in [2.24, 2.45) is 29.1 Å². The lowest BCUT2D eigenvalue weighted by Gasteiger charge is -2.55. The van der Waals surface area contributed by atoms with E-state index in [-0.39, 0.29) is 72.3 Å². The predicted octanol–water partition coefficient (Wildman–Crippen LogP) is 6.87. The van der Waals surface area contributed by atoms with Gasteiger partial charge in [0.1, 0.15) is 23.5 Å². The smallest absolute Gasteiger partial charge is 0.328 e. The third kappa shape index (κ3) is 9.52. The number of aromatic nitrogens is 3. The fraction of sp³-hybridized carbons (Fsp3) is 0.655. The van der Waals surface area contributed by atoms with Gasteiger partial charge in [0.25, 0.3) is 5.91 Å². The van der Waals surface area contributed by atoms with Crippen LogP contribution in [0.25, 0.3) is 33.4 Å². The van der Waals surface area contributed by atoms with Gasteiger partial charge in [0.2, 0.25) is 5.91 Å². The Morgan fingerprint density at radius 3 is 2.51 bits per heavy atom. The van der Waals surface area contributed by atoms with Crippen molar-refractivity contribution in [3.63, 3.8) is 0 Å². The van der Waals surface area contributed by atoms with E-state index in [1.807, 2.05) is 6.20 Å². The molecule has 7 fully saturated rings. The minimum atomic E-state index is -1.04. The number of rotatable bonds is 11. The largest absolute Gasteiger partial charge is 0.464 e. The minimum Gasteiger partial charge on any atom is -0.464 e. The molecule has 382 valence electrons. The van der Waals surface area contributed by atoms with Gasteiger partial charge in [-0.1, -0.05) is 33.8 Å². The molecule has 1 spiro atoms. The number of cyclic esters (lactones) is 1. The number of hydrogen-bond donors (Lipinski definition) is 2. The topological polar surface area (TPSA) is 166 Å². The van der Waals surface area contributed by atoms with Gasteiger partial charge in [-0.2, -0.15) is 0 Å². The molecule has 2 amide bonds. The maximum absolute atomic E-state index is 14.5. The number of hydrazine groups is 1. The normalized spacial score (nSPS) is 30.1. The number of esters is 1. The molecule has 12 rings (SSSR count). The molecule has 71 heavy (non-hydrogen) atoms. The molecule has 0 radical (unpaired) electrons. The van der Waals surface area contributed by atoms with E-state index in [0.717, 1.165) is 89.7 Å². The van der Waals surface area contributed by atoms with E-state index in [0.29, 0.717) is 57.2 Å². The lowest BCUT2D eigenvalue weighted by molar-refractivity contribution is -0.179. The summed E-state index contributed by atoms with van der Waals surface area (Å²) in [5.41, 5.74) is 9.04. The van der Waals surface area contributed by atoms with Gasteiger partial charge in [0, 0.05) is 98.8 Å². The number of oxazole rings is 1. The first kappa shape index (κ1) is 48.4. The number of hydrogen-bond acceptors (Lipinski definition) is 13. The molecule has 7 bridgehead atoms. The van der Waals surface area contributed by atoms with Gasteiger partial charge < -0.3 is 38.1 Å². The van der Waals surface area contributed by atoms with Crippen molar-refractivity contribution in [3.05, 3.63) is 53.9 Å². The highest BCUT2D eigenvalue weighted by Crippen LogP contribution is 2.47. The molecule has 16 nitrogen and oxygen atoms in total. The molecule has 8 aliphatic rings. The van der Waals surface area contributed by atoms with Crippen LogP contribution in [0.5, 0.6) is 0 Å². The summed E-state index contributed by atoms with van der Waals surface area (Å²) in [6.07, 6.45) is 9.42. The molecule has 5 aliphatic heterocycles.